The summed E-state index contributed by atoms with van der Waals surface area (Å²) in [6, 6.07) is 3.72. The molecule has 1 aromatic rings. The molecule has 0 amide bonds. The van der Waals surface area contributed by atoms with Crippen LogP contribution in [0.4, 0.5) is 4.39 Å². The summed E-state index contributed by atoms with van der Waals surface area (Å²) in [6.07, 6.45) is 13.3. The first-order valence-corrected chi connectivity index (χ1v) is 10.5. The minimum Gasteiger partial charge on any atom is -0.478 e. The Morgan fingerprint density at radius 2 is 1.60 bits per heavy atom. The molecule has 0 unspecified atom stereocenters. The molecule has 1 aromatic heterocycles. The van der Waals surface area contributed by atoms with Crippen LogP contribution in [0.2, 0.25) is 0 Å². The number of pyridine rings is 1. The summed E-state index contributed by atoms with van der Waals surface area (Å²) in [6.45, 7) is 4.73. The molecular formula is C22H34FNO. The molecule has 1 heterocycles. The molecule has 0 radical (unpaired) electrons. The van der Waals surface area contributed by atoms with Crippen molar-refractivity contribution >= 4 is 0 Å². The Balaban J connectivity index is 1.50. The second-order valence-electron chi connectivity index (χ2n) is 8.14. The van der Waals surface area contributed by atoms with Crippen molar-refractivity contribution in [2.45, 2.75) is 84.0 Å². The van der Waals surface area contributed by atoms with Crippen LogP contribution in [0.3, 0.4) is 0 Å². The molecule has 0 aromatic carbocycles. The molecule has 0 atom stereocenters. The predicted octanol–water partition coefficient (Wildman–Crippen LogP) is 6.50. The van der Waals surface area contributed by atoms with Crippen molar-refractivity contribution in [1.82, 2.24) is 4.98 Å². The van der Waals surface area contributed by atoms with Gasteiger partial charge in [0.25, 0.3) is 0 Å². The first-order valence-electron chi connectivity index (χ1n) is 10.5. The van der Waals surface area contributed by atoms with E-state index in [2.05, 4.69) is 11.9 Å². The largest absolute Gasteiger partial charge is 0.478 e. The average molecular weight is 348 g/mol. The molecule has 2 nitrogen and oxygen atoms in total. The molecule has 0 N–H and O–H groups in total. The maximum atomic E-state index is 14.3. The highest BCUT2D eigenvalue weighted by atomic mass is 19.1. The normalized spacial score (nSPS) is 30.2. The second kappa shape index (κ2) is 9.00. The molecule has 2 fully saturated rings. The summed E-state index contributed by atoms with van der Waals surface area (Å²) < 4.78 is 19.6. The third-order valence-electron chi connectivity index (χ3n) is 6.61. The smallest absolute Gasteiger partial charge is 0.219 e. The monoisotopic (exact) mass is 347 g/mol. The van der Waals surface area contributed by atoms with E-state index in [-0.39, 0.29) is 5.95 Å². The van der Waals surface area contributed by atoms with E-state index in [0.29, 0.717) is 18.4 Å². The number of hydrogen-bond acceptors (Lipinski definition) is 2. The molecule has 3 rings (SSSR count). The van der Waals surface area contributed by atoms with Crippen LogP contribution in [0, 0.1) is 23.7 Å². The second-order valence-corrected chi connectivity index (χ2v) is 8.14. The third kappa shape index (κ3) is 4.74. The fourth-order valence-electron chi connectivity index (χ4n) is 5.22. The van der Waals surface area contributed by atoms with E-state index in [1.807, 2.05) is 19.1 Å². The molecule has 2 aliphatic carbocycles. The highest BCUT2D eigenvalue weighted by molar-refractivity contribution is 5.23. The Labute approximate surface area is 152 Å². The van der Waals surface area contributed by atoms with Gasteiger partial charge in [-0.05, 0) is 75.2 Å². The number of hydrogen-bond donors (Lipinski definition) is 0. The summed E-state index contributed by atoms with van der Waals surface area (Å²) in [5, 5.41) is 0. The zero-order valence-electron chi connectivity index (χ0n) is 16.0. The van der Waals surface area contributed by atoms with E-state index in [1.165, 1.54) is 51.4 Å². The van der Waals surface area contributed by atoms with Crippen LogP contribution >= 0.6 is 0 Å². The van der Waals surface area contributed by atoms with Gasteiger partial charge >= 0.3 is 0 Å². The summed E-state index contributed by atoms with van der Waals surface area (Å²) in [5.74, 6) is 3.21. The summed E-state index contributed by atoms with van der Waals surface area (Å²) in [7, 11) is 0. The predicted molar refractivity (Wildman–Crippen MR) is 100 cm³/mol. The van der Waals surface area contributed by atoms with Crippen LogP contribution in [-0.2, 0) is 0 Å². The maximum absolute atomic E-state index is 14.3. The highest BCUT2D eigenvalue weighted by Crippen LogP contribution is 2.44. The van der Waals surface area contributed by atoms with Gasteiger partial charge in [-0.15, -0.1) is 0 Å². The van der Waals surface area contributed by atoms with E-state index in [9.17, 15) is 4.39 Å². The minimum atomic E-state index is -0.325. The molecule has 140 valence electrons. The Kier molecular flexibility index (Phi) is 6.72. The number of aromatic nitrogens is 1. The third-order valence-corrected chi connectivity index (χ3v) is 6.61. The molecule has 0 saturated heterocycles. The van der Waals surface area contributed by atoms with E-state index >= 15 is 0 Å². The lowest BCUT2D eigenvalue weighted by atomic mass is 9.68. The summed E-state index contributed by atoms with van der Waals surface area (Å²) in [5.41, 5.74) is 0.800. The zero-order valence-corrected chi connectivity index (χ0v) is 16.0. The van der Waals surface area contributed by atoms with Crippen molar-refractivity contribution in [3.8, 4) is 5.88 Å². The van der Waals surface area contributed by atoms with Gasteiger partial charge in [0.2, 0.25) is 11.8 Å². The van der Waals surface area contributed by atoms with E-state index in [0.717, 1.165) is 36.2 Å². The number of rotatable bonds is 6. The molecule has 0 aliphatic heterocycles. The molecule has 0 bridgehead atoms. The van der Waals surface area contributed by atoms with Gasteiger partial charge < -0.3 is 4.74 Å². The zero-order chi connectivity index (χ0) is 17.6. The lowest BCUT2D eigenvalue weighted by Crippen LogP contribution is -2.25. The van der Waals surface area contributed by atoms with Crippen LogP contribution in [0.15, 0.2) is 12.1 Å². The fraction of sp³-hybridized carbons (Fsp3) is 0.773. The van der Waals surface area contributed by atoms with E-state index in [1.54, 1.807) is 0 Å². The van der Waals surface area contributed by atoms with Gasteiger partial charge in [-0.25, -0.2) is 0 Å². The van der Waals surface area contributed by atoms with Crippen LogP contribution in [0.1, 0.15) is 89.5 Å². The quantitative estimate of drug-likeness (QED) is 0.548. The Hall–Kier alpha value is -1.12. The Morgan fingerprint density at radius 3 is 2.16 bits per heavy atom. The topological polar surface area (TPSA) is 22.1 Å². The Morgan fingerprint density at radius 1 is 0.960 bits per heavy atom. The number of ether oxygens (including phenoxy) is 1. The highest BCUT2D eigenvalue weighted by Gasteiger charge is 2.32. The van der Waals surface area contributed by atoms with Crippen molar-refractivity contribution in [2.75, 3.05) is 6.61 Å². The van der Waals surface area contributed by atoms with Crippen molar-refractivity contribution in [1.29, 1.82) is 0 Å². The maximum Gasteiger partial charge on any atom is 0.219 e. The van der Waals surface area contributed by atoms with Gasteiger partial charge in [0.1, 0.15) is 0 Å². The van der Waals surface area contributed by atoms with Gasteiger partial charge in [0, 0.05) is 11.6 Å². The van der Waals surface area contributed by atoms with Crippen molar-refractivity contribution in [2.24, 2.45) is 17.8 Å². The fourth-order valence-corrected chi connectivity index (χ4v) is 5.22. The van der Waals surface area contributed by atoms with Crippen LogP contribution < -0.4 is 4.74 Å². The number of nitrogens with zero attached hydrogens (tertiary/aromatic N) is 1. The molecule has 0 spiro atoms. The molecular weight excluding hydrogens is 313 g/mol. The van der Waals surface area contributed by atoms with E-state index in [4.69, 9.17) is 4.74 Å². The van der Waals surface area contributed by atoms with Crippen LogP contribution in [0.5, 0.6) is 5.88 Å². The summed E-state index contributed by atoms with van der Waals surface area (Å²) in [4.78, 5) is 3.98. The molecule has 25 heavy (non-hydrogen) atoms. The van der Waals surface area contributed by atoms with Crippen LogP contribution in [-0.4, -0.2) is 11.6 Å². The molecule has 3 heteroatoms. The first kappa shape index (κ1) is 18.7. The first-order chi connectivity index (χ1) is 12.2. The van der Waals surface area contributed by atoms with Crippen molar-refractivity contribution < 1.29 is 9.13 Å². The lowest BCUT2D eigenvalue weighted by Gasteiger charge is -2.38. The average Bonchev–Trinajstić information content (AvgIpc) is 2.63. The number of halogens is 1. The van der Waals surface area contributed by atoms with Gasteiger partial charge in [0.15, 0.2) is 0 Å². The van der Waals surface area contributed by atoms with Gasteiger partial charge in [-0.2, -0.15) is 9.37 Å². The lowest BCUT2D eigenvalue weighted by molar-refractivity contribution is 0.155. The van der Waals surface area contributed by atoms with Gasteiger partial charge in [-0.1, -0.05) is 32.6 Å². The van der Waals surface area contributed by atoms with Gasteiger partial charge in [-0.3, -0.25) is 0 Å². The Bertz CT molecular complexity index is 531. The summed E-state index contributed by atoms with van der Waals surface area (Å²) >= 11 is 0. The van der Waals surface area contributed by atoms with Crippen molar-refractivity contribution in [3.63, 3.8) is 0 Å². The van der Waals surface area contributed by atoms with Gasteiger partial charge in [0.05, 0.1) is 6.61 Å². The SMILES string of the molecule is CCC[C@H]1CC[C@H]([C@H]2CC[C@H](c3ccc(OCC)nc3F)CC2)CC1. The van der Waals surface area contributed by atoms with Crippen molar-refractivity contribution in [3.05, 3.63) is 23.6 Å². The standard InChI is InChI=1S/C22H34FNO/c1-3-5-16-6-8-17(9-7-16)18-10-12-19(13-11-18)20-14-15-21(25-4-2)24-22(20)23/h14-19H,3-13H2,1-2H3/t16-,17-,18-,19-. The van der Waals surface area contributed by atoms with E-state index < -0.39 is 0 Å². The van der Waals surface area contributed by atoms with Crippen LogP contribution in [0.25, 0.3) is 0 Å². The minimum absolute atomic E-state index is 0.325. The molecule has 2 aliphatic rings. The molecule has 2 saturated carbocycles.